The van der Waals surface area contributed by atoms with Crippen LogP contribution in [0.2, 0.25) is 0 Å². The van der Waals surface area contributed by atoms with E-state index < -0.39 is 5.97 Å². The molecule has 0 aliphatic heterocycles. The lowest BCUT2D eigenvalue weighted by atomic mass is 9.78. The van der Waals surface area contributed by atoms with Crippen molar-refractivity contribution in [2.75, 3.05) is 13.2 Å². The molecule has 4 heteroatoms. The van der Waals surface area contributed by atoms with Crippen molar-refractivity contribution in [2.24, 2.45) is 0 Å². The molecule has 0 unspecified atom stereocenters. The van der Waals surface area contributed by atoms with Crippen molar-refractivity contribution in [3.05, 3.63) is 83.4 Å². The van der Waals surface area contributed by atoms with Crippen LogP contribution in [0.5, 0.6) is 5.75 Å². The fourth-order valence-corrected chi connectivity index (χ4v) is 4.72. The molecule has 0 bridgehead atoms. The molecule has 0 saturated heterocycles. The molecule has 3 aromatic rings. The highest BCUT2D eigenvalue weighted by Crippen LogP contribution is 2.40. The number of carbonyl (C=O) groups is 1. The van der Waals surface area contributed by atoms with Gasteiger partial charge in [-0.3, -0.25) is 0 Å². The maximum Gasteiger partial charge on any atom is 0.335 e. The quantitative estimate of drug-likeness (QED) is 0.379. The van der Waals surface area contributed by atoms with E-state index in [1.165, 1.54) is 29.5 Å². The molecule has 4 rings (SSSR count). The van der Waals surface area contributed by atoms with Crippen LogP contribution in [0, 0.1) is 0 Å². The molecule has 1 aliphatic rings. The summed E-state index contributed by atoms with van der Waals surface area (Å²) in [4.78, 5) is 11.2. The number of ether oxygens (including phenoxy) is 1. The number of aliphatic hydroxyl groups excluding tert-OH is 1. The van der Waals surface area contributed by atoms with Crippen molar-refractivity contribution in [1.29, 1.82) is 0 Å². The Bertz CT molecular complexity index is 1230. The number of aliphatic hydroxyl groups is 1. The topological polar surface area (TPSA) is 66.8 Å². The normalized spacial score (nSPS) is 13.9. The Morgan fingerprint density at radius 2 is 1.60 bits per heavy atom. The average molecular weight is 471 g/mol. The molecule has 0 atom stereocenters. The molecular weight excluding hydrogens is 436 g/mol. The Morgan fingerprint density at radius 1 is 0.886 bits per heavy atom. The molecule has 0 saturated carbocycles. The van der Waals surface area contributed by atoms with Gasteiger partial charge in [0.1, 0.15) is 12.4 Å². The first-order valence-electron chi connectivity index (χ1n) is 12.3. The van der Waals surface area contributed by atoms with Crippen molar-refractivity contribution >= 4 is 11.5 Å². The second-order valence-electron chi connectivity index (χ2n) is 10.2. The van der Waals surface area contributed by atoms with E-state index in [0.29, 0.717) is 0 Å². The van der Waals surface area contributed by atoms with E-state index in [-0.39, 0.29) is 24.2 Å². The lowest BCUT2D eigenvalue weighted by Crippen LogP contribution is -2.15. The molecule has 0 heterocycles. The minimum Gasteiger partial charge on any atom is -0.491 e. The first kappa shape index (κ1) is 24.7. The average Bonchev–Trinajstić information content (AvgIpc) is 2.87. The van der Waals surface area contributed by atoms with Crippen LogP contribution in [0.15, 0.2) is 66.7 Å². The fraction of sp³-hybridized carbons (Fsp3) is 0.323. The van der Waals surface area contributed by atoms with E-state index in [0.717, 1.165) is 40.8 Å². The Morgan fingerprint density at radius 3 is 2.23 bits per heavy atom. The summed E-state index contributed by atoms with van der Waals surface area (Å²) in [6, 6.07) is 19.6. The highest BCUT2D eigenvalue weighted by Gasteiger charge is 2.22. The van der Waals surface area contributed by atoms with Gasteiger partial charge in [-0.1, -0.05) is 57.2 Å². The summed E-state index contributed by atoms with van der Waals surface area (Å²) in [7, 11) is 0. The van der Waals surface area contributed by atoms with E-state index in [1.807, 2.05) is 24.3 Å². The van der Waals surface area contributed by atoms with Crippen molar-refractivity contribution in [2.45, 2.75) is 51.9 Å². The SMILES string of the molecule is CC(C)(C)c1cc(-c2cc(-c3ccc(C(=O)O)cc3)ccc2OCCO)ccc1C1=CCCCC1. The van der Waals surface area contributed by atoms with Gasteiger partial charge in [0.2, 0.25) is 0 Å². The Hall–Kier alpha value is -3.37. The number of hydrogen-bond donors (Lipinski definition) is 2. The first-order chi connectivity index (χ1) is 16.8. The number of rotatable bonds is 7. The van der Waals surface area contributed by atoms with E-state index >= 15 is 0 Å². The lowest BCUT2D eigenvalue weighted by molar-refractivity contribution is 0.0697. The third-order valence-corrected chi connectivity index (χ3v) is 6.57. The second-order valence-corrected chi connectivity index (χ2v) is 10.2. The van der Waals surface area contributed by atoms with Gasteiger partial charge in [0.05, 0.1) is 12.2 Å². The van der Waals surface area contributed by atoms with Gasteiger partial charge < -0.3 is 14.9 Å². The van der Waals surface area contributed by atoms with E-state index in [2.05, 4.69) is 51.1 Å². The van der Waals surface area contributed by atoms with Crippen molar-refractivity contribution in [3.8, 4) is 28.0 Å². The Labute approximate surface area is 207 Å². The number of benzene rings is 3. The number of allylic oxidation sites excluding steroid dienone is 2. The number of carboxylic acids is 1. The van der Waals surface area contributed by atoms with Gasteiger partial charge in [0.15, 0.2) is 0 Å². The van der Waals surface area contributed by atoms with Crippen LogP contribution >= 0.6 is 0 Å². The highest BCUT2D eigenvalue weighted by atomic mass is 16.5. The first-order valence-corrected chi connectivity index (χ1v) is 12.3. The zero-order valence-corrected chi connectivity index (χ0v) is 20.8. The Kier molecular flexibility index (Phi) is 7.42. The van der Waals surface area contributed by atoms with Crippen LogP contribution in [-0.2, 0) is 5.41 Å². The predicted molar refractivity (Wildman–Crippen MR) is 142 cm³/mol. The fourth-order valence-electron chi connectivity index (χ4n) is 4.72. The zero-order valence-electron chi connectivity index (χ0n) is 20.8. The molecule has 0 aromatic heterocycles. The summed E-state index contributed by atoms with van der Waals surface area (Å²) in [5, 5.41) is 18.6. The monoisotopic (exact) mass is 470 g/mol. The molecule has 0 amide bonds. The molecule has 35 heavy (non-hydrogen) atoms. The predicted octanol–water partition coefficient (Wildman–Crippen LogP) is 7.34. The van der Waals surface area contributed by atoms with Gasteiger partial charge in [0, 0.05) is 5.56 Å². The van der Waals surface area contributed by atoms with Crippen LogP contribution in [0.1, 0.15) is 67.9 Å². The maximum atomic E-state index is 11.2. The summed E-state index contributed by atoms with van der Waals surface area (Å²) in [6.45, 7) is 6.92. The van der Waals surface area contributed by atoms with Gasteiger partial charge in [0.25, 0.3) is 0 Å². The summed E-state index contributed by atoms with van der Waals surface area (Å²) in [5.41, 5.74) is 8.25. The van der Waals surface area contributed by atoms with Crippen molar-refractivity contribution < 1.29 is 19.7 Å². The molecule has 0 radical (unpaired) electrons. The minimum atomic E-state index is -0.937. The molecular formula is C31H34O4. The van der Waals surface area contributed by atoms with Gasteiger partial charge in [-0.2, -0.15) is 0 Å². The smallest absolute Gasteiger partial charge is 0.335 e. The molecule has 2 N–H and O–H groups in total. The maximum absolute atomic E-state index is 11.2. The Balaban J connectivity index is 1.82. The van der Waals surface area contributed by atoms with E-state index in [4.69, 9.17) is 4.74 Å². The largest absolute Gasteiger partial charge is 0.491 e. The second kappa shape index (κ2) is 10.5. The van der Waals surface area contributed by atoms with Gasteiger partial charge in [-0.25, -0.2) is 4.79 Å². The van der Waals surface area contributed by atoms with Crippen molar-refractivity contribution in [1.82, 2.24) is 0 Å². The molecule has 0 spiro atoms. The number of carboxylic acid groups (broad SMARTS) is 1. The molecule has 0 fully saturated rings. The van der Waals surface area contributed by atoms with Crippen LogP contribution in [0.4, 0.5) is 0 Å². The van der Waals surface area contributed by atoms with Gasteiger partial charge >= 0.3 is 5.97 Å². The van der Waals surface area contributed by atoms with E-state index in [1.54, 1.807) is 12.1 Å². The van der Waals surface area contributed by atoms with Gasteiger partial charge in [-0.05, 0) is 94.8 Å². The minimum absolute atomic E-state index is 0.0278. The number of hydrogen-bond acceptors (Lipinski definition) is 3. The zero-order chi connectivity index (χ0) is 25.0. The molecule has 3 aromatic carbocycles. The van der Waals surface area contributed by atoms with Crippen LogP contribution < -0.4 is 4.74 Å². The molecule has 4 nitrogen and oxygen atoms in total. The highest BCUT2D eigenvalue weighted by molar-refractivity contribution is 5.88. The third-order valence-electron chi connectivity index (χ3n) is 6.57. The lowest BCUT2D eigenvalue weighted by Gasteiger charge is -2.27. The van der Waals surface area contributed by atoms with E-state index in [9.17, 15) is 15.0 Å². The summed E-state index contributed by atoms with van der Waals surface area (Å²) < 4.78 is 5.92. The van der Waals surface area contributed by atoms with Crippen LogP contribution in [-0.4, -0.2) is 29.4 Å². The molecule has 182 valence electrons. The number of aromatic carboxylic acids is 1. The summed E-state index contributed by atoms with van der Waals surface area (Å²) in [5.74, 6) is -0.220. The standard InChI is InChI=1S/C31H34O4/c1-31(2,3)28-20-25(13-15-26(28)22-7-5-4-6-8-22)27-19-24(14-16-29(27)35-18-17-32)21-9-11-23(12-10-21)30(33)34/h7,9-16,19-20,32H,4-6,8,17-18H2,1-3H3,(H,33,34). The summed E-state index contributed by atoms with van der Waals surface area (Å²) >= 11 is 0. The molecule has 1 aliphatic carbocycles. The summed E-state index contributed by atoms with van der Waals surface area (Å²) in [6.07, 6.45) is 7.15. The van der Waals surface area contributed by atoms with Crippen molar-refractivity contribution in [3.63, 3.8) is 0 Å². The van der Waals surface area contributed by atoms with Gasteiger partial charge in [-0.15, -0.1) is 0 Å². The van der Waals surface area contributed by atoms with Crippen LogP contribution in [0.25, 0.3) is 27.8 Å². The third kappa shape index (κ3) is 5.66. The van der Waals surface area contributed by atoms with Crippen LogP contribution in [0.3, 0.4) is 0 Å².